The summed E-state index contributed by atoms with van der Waals surface area (Å²) in [6.07, 6.45) is 7.50. The van der Waals surface area contributed by atoms with E-state index in [0.717, 1.165) is 30.6 Å². The molecule has 130 valence electrons. The molecule has 5 nitrogen and oxygen atoms in total. The monoisotopic (exact) mass is 337 g/mol. The maximum atomic E-state index is 12.6. The Morgan fingerprint density at radius 2 is 1.96 bits per heavy atom. The van der Waals surface area contributed by atoms with E-state index in [1.165, 1.54) is 12.6 Å². The molecule has 2 heterocycles. The molecular formula is C20H23N3O2. The molecule has 1 atom stereocenters. The van der Waals surface area contributed by atoms with Crippen molar-refractivity contribution in [1.82, 2.24) is 9.47 Å². The molecule has 0 bridgehead atoms. The Kier molecular flexibility index (Phi) is 5.03. The average Bonchev–Trinajstić information content (AvgIpc) is 3.21. The Morgan fingerprint density at radius 1 is 1.20 bits per heavy atom. The van der Waals surface area contributed by atoms with E-state index in [4.69, 9.17) is 0 Å². The van der Waals surface area contributed by atoms with E-state index in [1.807, 2.05) is 54.6 Å². The van der Waals surface area contributed by atoms with Gasteiger partial charge in [0.05, 0.1) is 6.04 Å². The van der Waals surface area contributed by atoms with Crippen molar-refractivity contribution in [3.63, 3.8) is 0 Å². The van der Waals surface area contributed by atoms with E-state index < -0.39 is 0 Å². The van der Waals surface area contributed by atoms with E-state index in [9.17, 15) is 9.59 Å². The zero-order chi connectivity index (χ0) is 17.8. The minimum Gasteiger partial charge on any atom is -0.353 e. The molecule has 0 radical (unpaired) electrons. The molecule has 0 saturated carbocycles. The van der Waals surface area contributed by atoms with E-state index in [1.54, 1.807) is 6.08 Å². The summed E-state index contributed by atoms with van der Waals surface area (Å²) < 4.78 is 2.08. The predicted molar refractivity (Wildman–Crippen MR) is 98.9 cm³/mol. The molecule has 3 rings (SSSR count). The maximum absolute atomic E-state index is 12.6. The van der Waals surface area contributed by atoms with Crippen molar-refractivity contribution in [2.75, 3.05) is 11.9 Å². The third kappa shape index (κ3) is 3.99. The molecular weight excluding hydrogens is 314 g/mol. The van der Waals surface area contributed by atoms with Gasteiger partial charge in [0.25, 0.3) is 0 Å². The van der Waals surface area contributed by atoms with Crippen LogP contribution in [0.15, 0.2) is 48.7 Å². The van der Waals surface area contributed by atoms with Gasteiger partial charge in [-0.15, -0.1) is 0 Å². The van der Waals surface area contributed by atoms with Gasteiger partial charge in [0.15, 0.2) is 0 Å². The summed E-state index contributed by atoms with van der Waals surface area (Å²) >= 11 is 0. The second-order valence-electron chi connectivity index (χ2n) is 6.37. The second-order valence-corrected chi connectivity index (χ2v) is 6.37. The van der Waals surface area contributed by atoms with Gasteiger partial charge in [-0.1, -0.05) is 12.1 Å². The molecule has 2 amide bonds. The molecule has 1 aliphatic heterocycles. The molecule has 25 heavy (non-hydrogen) atoms. The fourth-order valence-corrected chi connectivity index (χ4v) is 3.30. The van der Waals surface area contributed by atoms with Crippen LogP contribution >= 0.6 is 0 Å². The van der Waals surface area contributed by atoms with E-state index >= 15 is 0 Å². The lowest BCUT2D eigenvalue weighted by Crippen LogP contribution is -2.29. The molecule has 1 N–H and O–H groups in total. The highest BCUT2D eigenvalue weighted by Crippen LogP contribution is 2.32. The number of rotatable bonds is 4. The number of hydrogen-bond donors (Lipinski definition) is 1. The molecule has 1 aromatic heterocycles. The standard InChI is InChI=1S/C20H23N3O2/c1-15(24)21-17-10-7-16(8-11-17)9-12-20(25)23-14-4-6-19(23)18-5-3-13-22(18)2/h3,5,7-13,19H,4,6,14H2,1-2H3,(H,21,24)/b12-9-/t19-/m0/s1. The van der Waals surface area contributed by atoms with Crippen LogP contribution in [0.4, 0.5) is 5.69 Å². The van der Waals surface area contributed by atoms with Crippen molar-refractivity contribution in [3.05, 3.63) is 59.9 Å². The summed E-state index contributed by atoms with van der Waals surface area (Å²) in [6.45, 7) is 2.27. The summed E-state index contributed by atoms with van der Waals surface area (Å²) in [4.78, 5) is 25.6. The maximum Gasteiger partial charge on any atom is 0.247 e. The van der Waals surface area contributed by atoms with E-state index in [-0.39, 0.29) is 17.9 Å². The van der Waals surface area contributed by atoms with Crippen molar-refractivity contribution in [1.29, 1.82) is 0 Å². The Bertz CT molecular complexity index is 790. The number of likely N-dealkylation sites (tertiary alicyclic amines) is 1. The molecule has 5 heteroatoms. The van der Waals surface area contributed by atoms with Gasteiger partial charge >= 0.3 is 0 Å². The topological polar surface area (TPSA) is 54.3 Å². The number of amides is 2. The summed E-state index contributed by atoms with van der Waals surface area (Å²) in [7, 11) is 2.02. The molecule has 1 fully saturated rings. The highest BCUT2D eigenvalue weighted by atomic mass is 16.2. The Balaban J connectivity index is 1.67. The number of hydrogen-bond acceptors (Lipinski definition) is 2. The van der Waals surface area contributed by atoms with E-state index in [2.05, 4.69) is 16.0 Å². The summed E-state index contributed by atoms with van der Waals surface area (Å²) in [5.74, 6) is -0.0612. The molecule has 1 aromatic carbocycles. The summed E-state index contributed by atoms with van der Waals surface area (Å²) in [5, 5.41) is 2.73. The van der Waals surface area contributed by atoms with Crippen LogP contribution in [0.1, 0.15) is 37.1 Å². The van der Waals surface area contributed by atoms with Crippen LogP contribution in [0.3, 0.4) is 0 Å². The lowest BCUT2D eigenvalue weighted by atomic mass is 10.1. The van der Waals surface area contributed by atoms with Gasteiger partial charge < -0.3 is 14.8 Å². The molecule has 0 aliphatic carbocycles. The van der Waals surface area contributed by atoms with E-state index in [0.29, 0.717) is 0 Å². The molecule has 1 aliphatic rings. The van der Waals surface area contributed by atoms with Crippen LogP contribution < -0.4 is 5.32 Å². The minimum atomic E-state index is -0.0979. The van der Waals surface area contributed by atoms with Gasteiger partial charge in [-0.05, 0) is 48.7 Å². The predicted octanol–water partition coefficient (Wildman–Crippen LogP) is 3.36. The zero-order valence-electron chi connectivity index (χ0n) is 14.6. The first kappa shape index (κ1) is 17.0. The number of carbonyl (C=O) groups is 2. The molecule has 0 unspecified atom stereocenters. The highest BCUT2D eigenvalue weighted by molar-refractivity contribution is 5.92. The molecule has 0 spiro atoms. The van der Waals surface area contributed by atoms with Gasteiger partial charge in [-0.25, -0.2) is 0 Å². The lowest BCUT2D eigenvalue weighted by molar-refractivity contribution is -0.127. The number of anilines is 1. The van der Waals surface area contributed by atoms with Gasteiger partial charge in [0.2, 0.25) is 11.8 Å². The van der Waals surface area contributed by atoms with Crippen LogP contribution in [0.2, 0.25) is 0 Å². The first-order chi connectivity index (χ1) is 12.0. The first-order valence-electron chi connectivity index (χ1n) is 8.52. The normalized spacial score (nSPS) is 17.2. The van der Waals surface area contributed by atoms with Crippen LogP contribution in [-0.4, -0.2) is 27.8 Å². The van der Waals surface area contributed by atoms with Gasteiger partial charge in [-0.3, -0.25) is 9.59 Å². The van der Waals surface area contributed by atoms with Crippen LogP contribution in [0.25, 0.3) is 6.08 Å². The van der Waals surface area contributed by atoms with Crippen molar-refractivity contribution < 1.29 is 9.59 Å². The fourth-order valence-electron chi connectivity index (χ4n) is 3.30. The van der Waals surface area contributed by atoms with Crippen LogP contribution in [0.5, 0.6) is 0 Å². The van der Waals surface area contributed by atoms with Crippen LogP contribution in [-0.2, 0) is 16.6 Å². The minimum absolute atomic E-state index is 0.0367. The van der Waals surface area contributed by atoms with Crippen LogP contribution in [0, 0.1) is 0 Å². The Labute approximate surface area is 147 Å². The average molecular weight is 337 g/mol. The molecule has 1 saturated heterocycles. The van der Waals surface area contributed by atoms with Crippen molar-refractivity contribution in [2.24, 2.45) is 7.05 Å². The first-order valence-corrected chi connectivity index (χ1v) is 8.52. The Morgan fingerprint density at radius 3 is 2.60 bits per heavy atom. The number of aryl methyl sites for hydroxylation is 1. The lowest BCUT2D eigenvalue weighted by Gasteiger charge is -2.24. The number of nitrogens with zero attached hydrogens (tertiary/aromatic N) is 2. The SMILES string of the molecule is CC(=O)Nc1ccc(/C=C\C(=O)N2CCC[C@H]2c2cccn2C)cc1. The third-order valence-electron chi connectivity index (χ3n) is 4.51. The fraction of sp³-hybridized carbons (Fsp3) is 0.300. The van der Waals surface area contributed by atoms with Gasteiger partial charge in [-0.2, -0.15) is 0 Å². The smallest absolute Gasteiger partial charge is 0.247 e. The largest absolute Gasteiger partial charge is 0.353 e. The number of carbonyl (C=O) groups excluding carboxylic acids is 2. The summed E-state index contributed by atoms with van der Waals surface area (Å²) in [6, 6.07) is 11.7. The Hall–Kier alpha value is -2.82. The molecule has 2 aromatic rings. The van der Waals surface area contributed by atoms with Crippen molar-refractivity contribution in [2.45, 2.75) is 25.8 Å². The second kappa shape index (κ2) is 7.38. The quantitative estimate of drug-likeness (QED) is 0.870. The highest BCUT2D eigenvalue weighted by Gasteiger charge is 2.29. The van der Waals surface area contributed by atoms with Crippen molar-refractivity contribution in [3.8, 4) is 0 Å². The van der Waals surface area contributed by atoms with Crippen molar-refractivity contribution >= 4 is 23.6 Å². The van der Waals surface area contributed by atoms with Gasteiger partial charge in [0, 0.05) is 44.2 Å². The third-order valence-corrected chi connectivity index (χ3v) is 4.51. The number of benzene rings is 1. The number of nitrogens with one attached hydrogen (secondary N) is 1. The number of aromatic nitrogens is 1. The summed E-state index contributed by atoms with van der Waals surface area (Å²) in [5.41, 5.74) is 2.86. The zero-order valence-corrected chi connectivity index (χ0v) is 14.6. The van der Waals surface area contributed by atoms with Gasteiger partial charge in [0.1, 0.15) is 0 Å².